The molecule has 0 radical (unpaired) electrons. The van der Waals surface area contributed by atoms with Crippen LogP contribution in [0.4, 0.5) is 0 Å². The highest BCUT2D eigenvalue weighted by atomic mass is 16.5. The fraction of sp³-hybridized carbons (Fsp3) is 0.138. The summed E-state index contributed by atoms with van der Waals surface area (Å²) in [6, 6.07) is 32.9. The first kappa shape index (κ1) is 20.6. The Labute approximate surface area is 184 Å². The number of rotatable bonds is 8. The molecule has 2 nitrogen and oxygen atoms in total. The van der Waals surface area contributed by atoms with Crippen LogP contribution >= 0.6 is 0 Å². The van der Waals surface area contributed by atoms with Crippen LogP contribution in [-0.2, 0) is 0 Å². The zero-order valence-electron chi connectivity index (χ0n) is 17.8. The lowest BCUT2D eigenvalue weighted by Gasteiger charge is -2.04. The van der Waals surface area contributed by atoms with Crippen molar-refractivity contribution in [1.29, 1.82) is 0 Å². The first-order valence-electron chi connectivity index (χ1n) is 10.8. The summed E-state index contributed by atoms with van der Waals surface area (Å²) < 4.78 is 12.0. The Bertz CT molecular complexity index is 1060. The molecule has 0 fully saturated rings. The number of hydrogen-bond acceptors (Lipinski definition) is 1. The summed E-state index contributed by atoms with van der Waals surface area (Å²) >= 11 is 0. The Morgan fingerprint density at radius 2 is 1.39 bits per heavy atom. The minimum atomic E-state index is 0.763. The van der Waals surface area contributed by atoms with E-state index in [0.29, 0.717) is 0 Å². The van der Waals surface area contributed by atoms with Gasteiger partial charge in [0.25, 0.3) is 0 Å². The van der Waals surface area contributed by atoms with Crippen molar-refractivity contribution in [3.05, 3.63) is 108 Å². The van der Waals surface area contributed by atoms with Crippen molar-refractivity contribution >= 4 is 12.2 Å². The molecule has 0 atom stereocenters. The summed E-state index contributed by atoms with van der Waals surface area (Å²) in [5.74, 6) is 2.57. The summed E-state index contributed by atoms with van der Waals surface area (Å²) in [4.78, 5) is 0. The molecular formula is C29H27O2+. The summed E-state index contributed by atoms with van der Waals surface area (Å²) in [6.45, 7) is 2.93. The largest absolute Gasteiger partial charge is 0.494 e. The average molecular weight is 408 g/mol. The highest BCUT2D eigenvalue weighted by Gasteiger charge is 2.17. The summed E-state index contributed by atoms with van der Waals surface area (Å²) in [5.41, 5.74) is 4.46. The average Bonchev–Trinajstić information content (AvgIpc) is 2.85. The van der Waals surface area contributed by atoms with E-state index in [2.05, 4.69) is 73.7 Å². The van der Waals surface area contributed by atoms with Crippen molar-refractivity contribution in [2.75, 3.05) is 6.61 Å². The highest BCUT2D eigenvalue weighted by molar-refractivity contribution is 5.74. The number of benzene rings is 3. The second-order valence-corrected chi connectivity index (χ2v) is 7.45. The van der Waals surface area contributed by atoms with Gasteiger partial charge in [-0.1, -0.05) is 74.0 Å². The lowest BCUT2D eigenvalue weighted by molar-refractivity contribution is 0.309. The van der Waals surface area contributed by atoms with E-state index in [1.165, 1.54) is 5.56 Å². The first-order chi connectivity index (χ1) is 15.3. The summed E-state index contributed by atoms with van der Waals surface area (Å²) in [6.07, 6.45) is 6.30. The minimum absolute atomic E-state index is 0.763. The third-order valence-electron chi connectivity index (χ3n) is 5.06. The maximum Gasteiger partial charge on any atom is 0.361 e. The SMILES string of the molecule is CCCCOc1ccc(C=Cc2cc(-c3ccccc3)cc(-c3ccccc3)[o+]2)cc1. The first-order valence-corrected chi connectivity index (χ1v) is 10.8. The van der Waals surface area contributed by atoms with Crippen LogP contribution < -0.4 is 4.74 Å². The van der Waals surface area contributed by atoms with Crippen LogP contribution in [0, 0.1) is 0 Å². The molecule has 0 saturated heterocycles. The molecule has 0 saturated carbocycles. The van der Waals surface area contributed by atoms with Crippen LogP contribution in [0.5, 0.6) is 5.75 Å². The molecule has 1 heterocycles. The predicted octanol–water partition coefficient (Wildman–Crippen LogP) is 8.24. The topological polar surface area (TPSA) is 20.5 Å². The molecule has 2 heteroatoms. The molecular weight excluding hydrogens is 380 g/mol. The van der Waals surface area contributed by atoms with Gasteiger partial charge < -0.3 is 4.74 Å². The molecule has 0 amide bonds. The van der Waals surface area contributed by atoms with Crippen molar-refractivity contribution in [3.63, 3.8) is 0 Å². The van der Waals surface area contributed by atoms with Crippen LogP contribution in [0.25, 0.3) is 34.6 Å². The van der Waals surface area contributed by atoms with Crippen molar-refractivity contribution < 1.29 is 9.15 Å². The van der Waals surface area contributed by atoms with Crippen molar-refractivity contribution in [1.82, 2.24) is 0 Å². The molecule has 0 bridgehead atoms. The third-order valence-corrected chi connectivity index (χ3v) is 5.06. The lowest BCUT2D eigenvalue weighted by Crippen LogP contribution is -1.95. The lowest BCUT2D eigenvalue weighted by atomic mass is 10.0. The number of unbranched alkanes of at least 4 members (excludes halogenated alkanes) is 1. The zero-order valence-corrected chi connectivity index (χ0v) is 17.8. The molecule has 0 aliphatic heterocycles. The van der Waals surface area contributed by atoms with Crippen LogP contribution in [-0.4, -0.2) is 6.61 Å². The summed E-state index contributed by atoms with van der Waals surface area (Å²) in [5, 5.41) is 0. The number of ether oxygens (including phenoxy) is 1. The van der Waals surface area contributed by atoms with Gasteiger partial charge in [-0.2, -0.15) is 0 Å². The second-order valence-electron chi connectivity index (χ2n) is 7.45. The van der Waals surface area contributed by atoms with E-state index in [0.717, 1.165) is 53.4 Å². The molecule has 0 aliphatic rings. The van der Waals surface area contributed by atoms with Crippen LogP contribution in [0.1, 0.15) is 31.1 Å². The fourth-order valence-electron chi connectivity index (χ4n) is 3.33. The molecule has 3 aromatic carbocycles. The van der Waals surface area contributed by atoms with Crippen LogP contribution in [0.2, 0.25) is 0 Å². The van der Waals surface area contributed by atoms with Gasteiger partial charge in [-0.05, 0) is 47.9 Å². The van der Waals surface area contributed by atoms with Gasteiger partial charge in [0.05, 0.1) is 24.3 Å². The Kier molecular flexibility index (Phi) is 6.92. The fourth-order valence-corrected chi connectivity index (χ4v) is 3.33. The van der Waals surface area contributed by atoms with Gasteiger partial charge in [-0.25, -0.2) is 4.42 Å². The van der Waals surface area contributed by atoms with Crippen LogP contribution in [0.15, 0.2) is 101 Å². The third kappa shape index (κ3) is 5.70. The van der Waals surface area contributed by atoms with Crippen molar-refractivity contribution in [2.24, 2.45) is 0 Å². The van der Waals surface area contributed by atoms with Gasteiger partial charge in [-0.3, -0.25) is 0 Å². The minimum Gasteiger partial charge on any atom is -0.494 e. The molecule has 1 aromatic heterocycles. The molecule has 0 unspecified atom stereocenters. The Balaban J connectivity index is 1.61. The van der Waals surface area contributed by atoms with E-state index in [1.807, 2.05) is 42.5 Å². The van der Waals surface area contributed by atoms with E-state index in [9.17, 15) is 0 Å². The quantitative estimate of drug-likeness (QED) is 0.216. The van der Waals surface area contributed by atoms with E-state index < -0.39 is 0 Å². The van der Waals surface area contributed by atoms with Gasteiger partial charge in [0, 0.05) is 11.6 Å². The van der Waals surface area contributed by atoms with E-state index >= 15 is 0 Å². The normalized spacial score (nSPS) is 11.0. The second kappa shape index (κ2) is 10.4. The monoisotopic (exact) mass is 407 g/mol. The molecule has 4 rings (SSSR count). The summed E-state index contributed by atoms with van der Waals surface area (Å²) in [7, 11) is 0. The molecule has 0 aliphatic carbocycles. The Morgan fingerprint density at radius 3 is 2.06 bits per heavy atom. The molecule has 4 aromatic rings. The molecule has 154 valence electrons. The van der Waals surface area contributed by atoms with Crippen LogP contribution in [0.3, 0.4) is 0 Å². The molecule has 0 spiro atoms. The van der Waals surface area contributed by atoms with Gasteiger partial charge in [0.1, 0.15) is 5.75 Å². The van der Waals surface area contributed by atoms with Gasteiger partial charge in [-0.15, -0.1) is 0 Å². The maximum atomic E-state index is 6.23. The van der Waals surface area contributed by atoms with Crippen molar-refractivity contribution in [2.45, 2.75) is 19.8 Å². The standard InChI is InChI=1S/C29H27O2/c1-2-3-20-30-27-17-14-23(15-18-27)16-19-28-21-26(24-10-6-4-7-11-24)22-29(31-28)25-12-8-5-9-13-25/h4-19,21-22H,2-3,20H2,1H3/q+1. The van der Waals surface area contributed by atoms with E-state index in [-0.39, 0.29) is 0 Å². The Hall–Kier alpha value is -3.65. The molecule has 0 N–H and O–H groups in total. The van der Waals surface area contributed by atoms with Crippen molar-refractivity contribution in [3.8, 4) is 28.2 Å². The van der Waals surface area contributed by atoms with E-state index in [1.54, 1.807) is 0 Å². The highest BCUT2D eigenvalue weighted by Crippen LogP contribution is 2.29. The van der Waals surface area contributed by atoms with Gasteiger partial charge in [0.15, 0.2) is 0 Å². The smallest absolute Gasteiger partial charge is 0.361 e. The zero-order chi connectivity index (χ0) is 21.3. The maximum absolute atomic E-state index is 6.23. The Morgan fingerprint density at radius 1 is 0.710 bits per heavy atom. The van der Waals surface area contributed by atoms with Gasteiger partial charge in [0.2, 0.25) is 0 Å². The van der Waals surface area contributed by atoms with Gasteiger partial charge >= 0.3 is 11.5 Å². The predicted molar refractivity (Wildman–Crippen MR) is 130 cm³/mol. The molecule has 31 heavy (non-hydrogen) atoms. The van der Waals surface area contributed by atoms with E-state index in [4.69, 9.17) is 9.15 Å². The number of hydrogen-bond donors (Lipinski definition) is 0.